The fraction of sp³-hybridized carbons (Fsp3) is 0.438. The second-order valence-electron chi connectivity index (χ2n) is 5.48. The van der Waals surface area contributed by atoms with Crippen LogP contribution in [0.1, 0.15) is 25.3 Å². The van der Waals surface area contributed by atoms with Crippen molar-refractivity contribution in [2.75, 3.05) is 13.2 Å². The van der Waals surface area contributed by atoms with Gasteiger partial charge in [-0.3, -0.25) is 9.59 Å². The van der Waals surface area contributed by atoms with Crippen molar-refractivity contribution in [1.29, 1.82) is 0 Å². The molecule has 1 fully saturated rings. The molecule has 0 aromatic heterocycles. The van der Waals surface area contributed by atoms with Crippen molar-refractivity contribution in [3.8, 4) is 0 Å². The van der Waals surface area contributed by atoms with Gasteiger partial charge in [0, 0.05) is 11.8 Å². The fourth-order valence-electron chi connectivity index (χ4n) is 2.90. The largest absolute Gasteiger partial charge is 0.465 e. The maximum Gasteiger partial charge on any atom is 0.327 e. The molecule has 1 heterocycles. The zero-order valence-corrected chi connectivity index (χ0v) is 12.3. The van der Waals surface area contributed by atoms with E-state index in [1.807, 2.05) is 0 Å². The summed E-state index contributed by atoms with van der Waals surface area (Å²) < 4.78 is 17.9. The fourth-order valence-corrected chi connectivity index (χ4v) is 2.90. The van der Waals surface area contributed by atoms with E-state index in [1.165, 1.54) is 17.1 Å². The molecule has 1 saturated carbocycles. The summed E-state index contributed by atoms with van der Waals surface area (Å²) in [7, 11) is 0. The number of nitrogens with zero attached hydrogens (tertiary/aromatic N) is 2. The van der Waals surface area contributed by atoms with Crippen LogP contribution in [0, 0.1) is 17.7 Å². The van der Waals surface area contributed by atoms with Gasteiger partial charge in [0.15, 0.2) is 0 Å². The monoisotopic (exact) mass is 304 g/mol. The van der Waals surface area contributed by atoms with Crippen LogP contribution in [0.3, 0.4) is 0 Å². The lowest BCUT2D eigenvalue weighted by Gasteiger charge is -2.42. The minimum Gasteiger partial charge on any atom is -0.465 e. The van der Waals surface area contributed by atoms with Crippen molar-refractivity contribution in [2.24, 2.45) is 16.9 Å². The van der Waals surface area contributed by atoms with Crippen molar-refractivity contribution in [3.05, 3.63) is 35.6 Å². The number of hydrazone groups is 1. The van der Waals surface area contributed by atoms with Crippen molar-refractivity contribution >= 4 is 17.6 Å². The summed E-state index contributed by atoms with van der Waals surface area (Å²) in [6.45, 7) is 1.80. The number of halogens is 1. The molecular weight excluding hydrogens is 287 g/mol. The Morgan fingerprint density at radius 2 is 2.00 bits per heavy atom. The summed E-state index contributed by atoms with van der Waals surface area (Å²) >= 11 is 0. The first kappa shape index (κ1) is 14.7. The van der Waals surface area contributed by atoms with E-state index >= 15 is 0 Å². The summed E-state index contributed by atoms with van der Waals surface area (Å²) in [5.41, 5.74) is 1.54. The van der Waals surface area contributed by atoms with Gasteiger partial charge in [0.1, 0.15) is 12.4 Å². The van der Waals surface area contributed by atoms with Crippen LogP contribution in [-0.4, -0.2) is 35.7 Å². The number of benzene rings is 1. The SMILES string of the molecule is CCOC(=O)CN1N=C(c2ccc(F)cc2)C2CCC2C1=O. The smallest absolute Gasteiger partial charge is 0.327 e. The van der Waals surface area contributed by atoms with Crippen molar-refractivity contribution in [3.63, 3.8) is 0 Å². The summed E-state index contributed by atoms with van der Waals surface area (Å²) in [5.74, 6) is -0.987. The number of hydrogen-bond donors (Lipinski definition) is 0. The second kappa shape index (κ2) is 5.87. The molecule has 116 valence electrons. The van der Waals surface area contributed by atoms with Crippen LogP contribution >= 0.6 is 0 Å². The molecule has 22 heavy (non-hydrogen) atoms. The van der Waals surface area contributed by atoms with Crippen LogP contribution in [0.25, 0.3) is 0 Å². The molecule has 0 saturated heterocycles. The summed E-state index contributed by atoms with van der Waals surface area (Å²) in [5, 5.41) is 5.54. The van der Waals surface area contributed by atoms with Gasteiger partial charge in [0.25, 0.3) is 0 Å². The Morgan fingerprint density at radius 3 is 2.59 bits per heavy atom. The molecule has 0 radical (unpaired) electrons. The highest BCUT2D eigenvalue weighted by Gasteiger charge is 2.46. The third-order valence-corrected chi connectivity index (χ3v) is 4.15. The zero-order valence-electron chi connectivity index (χ0n) is 12.3. The van der Waals surface area contributed by atoms with E-state index in [0.717, 1.165) is 24.1 Å². The lowest BCUT2D eigenvalue weighted by molar-refractivity contribution is -0.152. The average Bonchev–Trinajstić information content (AvgIpc) is 2.44. The van der Waals surface area contributed by atoms with E-state index < -0.39 is 5.97 Å². The highest BCUT2D eigenvalue weighted by Crippen LogP contribution is 2.41. The quantitative estimate of drug-likeness (QED) is 0.799. The molecule has 1 amide bonds. The highest BCUT2D eigenvalue weighted by atomic mass is 19.1. The van der Waals surface area contributed by atoms with Gasteiger partial charge < -0.3 is 4.74 Å². The predicted molar refractivity (Wildman–Crippen MR) is 77.5 cm³/mol. The minimum absolute atomic E-state index is 0.0661. The van der Waals surface area contributed by atoms with Crippen LogP contribution < -0.4 is 0 Å². The van der Waals surface area contributed by atoms with Gasteiger partial charge in [0.05, 0.1) is 12.3 Å². The lowest BCUT2D eigenvalue weighted by atomic mass is 9.68. The second-order valence-corrected chi connectivity index (χ2v) is 5.48. The van der Waals surface area contributed by atoms with Crippen LogP contribution in [0.2, 0.25) is 0 Å². The molecule has 0 N–H and O–H groups in total. The van der Waals surface area contributed by atoms with Gasteiger partial charge in [0.2, 0.25) is 5.91 Å². The standard InChI is InChI=1S/C16H17FN2O3/c1-2-22-14(20)9-19-16(21)13-8-7-12(13)15(18-19)10-3-5-11(17)6-4-10/h3-6,12-13H,2,7-9H2,1H3. The number of ether oxygens (including phenoxy) is 1. The minimum atomic E-state index is -0.476. The lowest BCUT2D eigenvalue weighted by Crippen LogP contribution is -2.51. The molecule has 2 unspecified atom stereocenters. The molecular formula is C16H17FN2O3. The molecule has 1 aliphatic carbocycles. The van der Waals surface area contributed by atoms with Crippen LogP contribution in [0.5, 0.6) is 0 Å². The topological polar surface area (TPSA) is 59.0 Å². The Hall–Kier alpha value is -2.24. The first-order chi connectivity index (χ1) is 10.6. The molecule has 1 aliphatic heterocycles. The molecule has 0 spiro atoms. The van der Waals surface area contributed by atoms with Crippen molar-refractivity contribution in [2.45, 2.75) is 19.8 Å². The summed E-state index contributed by atoms with van der Waals surface area (Å²) in [6, 6.07) is 6.05. The van der Waals surface area contributed by atoms with Crippen LogP contribution in [0.15, 0.2) is 29.4 Å². The predicted octanol–water partition coefficient (Wildman–Crippen LogP) is 1.96. The van der Waals surface area contributed by atoms with Crippen molar-refractivity contribution in [1.82, 2.24) is 5.01 Å². The number of hydrogen-bond acceptors (Lipinski definition) is 4. The average molecular weight is 304 g/mol. The number of amides is 1. The highest BCUT2D eigenvalue weighted by molar-refractivity contribution is 6.07. The molecule has 1 aromatic carbocycles. The Balaban J connectivity index is 1.88. The first-order valence-electron chi connectivity index (χ1n) is 7.41. The number of esters is 1. The van der Waals surface area contributed by atoms with E-state index in [9.17, 15) is 14.0 Å². The van der Waals surface area contributed by atoms with Crippen LogP contribution in [-0.2, 0) is 14.3 Å². The molecule has 5 nitrogen and oxygen atoms in total. The number of fused-ring (bicyclic) bond motifs is 1. The van der Waals surface area contributed by atoms with Gasteiger partial charge in [-0.1, -0.05) is 12.1 Å². The van der Waals surface area contributed by atoms with Gasteiger partial charge in [-0.2, -0.15) is 5.10 Å². The Kier molecular flexibility index (Phi) is 3.92. The van der Waals surface area contributed by atoms with Gasteiger partial charge in [-0.25, -0.2) is 9.40 Å². The van der Waals surface area contributed by atoms with Gasteiger partial charge >= 0.3 is 5.97 Å². The molecule has 2 aliphatic rings. The van der Waals surface area contributed by atoms with E-state index in [0.29, 0.717) is 0 Å². The molecule has 6 heteroatoms. The van der Waals surface area contributed by atoms with Crippen LogP contribution in [0.4, 0.5) is 4.39 Å². The molecule has 0 bridgehead atoms. The Labute approximate surface area is 127 Å². The normalized spacial score (nSPS) is 23.5. The number of carbonyl (C=O) groups excluding carboxylic acids is 2. The first-order valence-corrected chi connectivity index (χ1v) is 7.41. The van der Waals surface area contributed by atoms with Crippen molar-refractivity contribution < 1.29 is 18.7 Å². The Bertz CT molecular complexity index is 627. The summed E-state index contributed by atoms with van der Waals surface area (Å²) in [4.78, 5) is 23.9. The molecule has 3 rings (SSSR count). The third-order valence-electron chi connectivity index (χ3n) is 4.15. The van der Waals surface area contributed by atoms with E-state index in [4.69, 9.17) is 4.74 Å². The third kappa shape index (κ3) is 2.61. The van der Waals surface area contributed by atoms with E-state index in [1.54, 1.807) is 19.1 Å². The van der Waals surface area contributed by atoms with E-state index in [-0.39, 0.29) is 36.7 Å². The maximum atomic E-state index is 13.1. The van der Waals surface area contributed by atoms with Gasteiger partial charge in [-0.15, -0.1) is 0 Å². The van der Waals surface area contributed by atoms with E-state index in [2.05, 4.69) is 5.10 Å². The number of carbonyl (C=O) groups is 2. The zero-order chi connectivity index (χ0) is 15.7. The number of rotatable bonds is 4. The molecule has 2 atom stereocenters. The molecule has 1 aromatic rings. The van der Waals surface area contributed by atoms with Gasteiger partial charge in [-0.05, 0) is 37.5 Å². The maximum absolute atomic E-state index is 13.1. The summed E-state index contributed by atoms with van der Waals surface area (Å²) in [6.07, 6.45) is 1.68. The Morgan fingerprint density at radius 1 is 1.32 bits per heavy atom.